The lowest BCUT2D eigenvalue weighted by Gasteiger charge is -2.36. The first kappa shape index (κ1) is 19.2. The van der Waals surface area contributed by atoms with Crippen LogP contribution >= 0.6 is 0 Å². The van der Waals surface area contributed by atoms with Crippen molar-refractivity contribution in [3.05, 3.63) is 24.8 Å². The topological polar surface area (TPSA) is 17.1 Å². The molecular weight excluding hydrogens is 268 g/mol. The van der Waals surface area contributed by atoms with E-state index < -0.39 is 0 Å². The molecule has 1 nitrogen and oxygen atoms in total. The van der Waals surface area contributed by atoms with E-state index in [1.165, 1.54) is 25.3 Å². The largest absolute Gasteiger partial charge is 0.294 e. The number of unbranched alkanes of at least 4 members (excludes halogenated alkanes) is 1. The SMILES string of the molecule is C=CC(=O)[C@@](C)(/C=C/[C@@H]1C[C@H](C)CC[C@H]1C(C)C)CCCC. The highest BCUT2D eigenvalue weighted by Crippen LogP contribution is 2.40. The molecule has 0 amide bonds. The second kappa shape index (κ2) is 8.70. The van der Waals surface area contributed by atoms with Crippen LogP contribution in [-0.4, -0.2) is 5.78 Å². The van der Waals surface area contributed by atoms with E-state index in [-0.39, 0.29) is 11.2 Å². The lowest BCUT2D eigenvalue weighted by atomic mass is 9.69. The van der Waals surface area contributed by atoms with Crippen molar-refractivity contribution in [3.63, 3.8) is 0 Å². The third-order valence-electron chi connectivity index (χ3n) is 5.58. The van der Waals surface area contributed by atoms with Gasteiger partial charge in [-0.1, -0.05) is 65.7 Å². The molecule has 126 valence electrons. The molecule has 0 heterocycles. The number of hydrogen-bond acceptors (Lipinski definition) is 1. The van der Waals surface area contributed by atoms with E-state index in [4.69, 9.17) is 0 Å². The van der Waals surface area contributed by atoms with E-state index in [0.29, 0.717) is 5.92 Å². The summed E-state index contributed by atoms with van der Waals surface area (Å²) in [6.07, 6.45) is 13.2. The number of hydrogen-bond donors (Lipinski definition) is 0. The molecule has 0 aromatic carbocycles. The van der Waals surface area contributed by atoms with Crippen molar-refractivity contribution in [2.45, 2.75) is 73.1 Å². The minimum Gasteiger partial charge on any atom is -0.294 e. The Labute approximate surface area is 138 Å². The standard InChI is InChI=1S/C21H36O/c1-7-9-13-21(6,20(22)8-2)14-12-18-15-17(5)10-11-19(18)16(3)4/h8,12,14,16-19H,2,7,9-11,13,15H2,1,3-6H3/b14-12+/t17-,18-,19+,21-/m1/s1. The zero-order valence-electron chi connectivity index (χ0n) is 15.4. The highest BCUT2D eigenvalue weighted by atomic mass is 16.1. The normalized spacial score (nSPS) is 28.7. The average molecular weight is 305 g/mol. The first-order chi connectivity index (χ1) is 10.3. The van der Waals surface area contributed by atoms with Crippen LogP contribution in [0.5, 0.6) is 0 Å². The number of allylic oxidation sites excluding steroid dienone is 3. The predicted molar refractivity (Wildman–Crippen MR) is 96.8 cm³/mol. The minimum atomic E-state index is -0.361. The first-order valence-electron chi connectivity index (χ1n) is 9.20. The smallest absolute Gasteiger partial charge is 0.164 e. The number of carbonyl (C=O) groups excluding carboxylic acids is 1. The molecule has 0 N–H and O–H groups in total. The Kier molecular flexibility index (Phi) is 7.59. The van der Waals surface area contributed by atoms with Gasteiger partial charge in [-0.3, -0.25) is 4.79 Å². The Morgan fingerprint density at radius 3 is 2.59 bits per heavy atom. The summed E-state index contributed by atoms with van der Waals surface area (Å²) in [5, 5.41) is 0. The van der Waals surface area contributed by atoms with Crippen LogP contribution in [0.25, 0.3) is 0 Å². The second-order valence-electron chi connectivity index (χ2n) is 7.94. The van der Waals surface area contributed by atoms with E-state index in [1.54, 1.807) is 0 Å². The lowest BCUT2D eigenvalue weighted by Crippen LogP contribution is -2.28. The van der Waals surface area contributed by atoms with Gasteiger partial charge < -0.3 is 0 Å². The molecule has 0 radical (unpaired) electrons. The molecule has 1 aliphatic rings. The maximum absolute atomic E-state index is 12.3. The summed E-state index contributed by atoms with van der Waals surface area (Å²) in [7, 11) is 0. The van der Waals surface area contributed by atoms with Gasteiger partial charge in [-0.15, -0.1) is 0 Å². The van der Waals surface area contributed by atoms with Crippen molar-refractivity contribution in [1.82, 2.24) is 0 Å². The van der Waals surface area contributed by atoms with Crippen LogP contribution < -0.4 is 0 Å². The van der Waals surface area contributed by atoms with Crippen LogP contribution in [0.1, 0.15) is 73.1 Å². The molecule has 0 saturated heterocycles. The Morgan fingerprint density at radius 2 is 2.05 bits per heavy atom. The number of carbonyl (C=O) groups is 1. The molecule has 0 unspecified atom stereocenters. The molecule has 0 aromatic rings. The number of rotatable bonds is 8. The quantitative estimate of drug-likeness (QED) is 0.385. The van der Waals surface area contributed by atoms with Crippen LogP contribution in [0.2, 0.25) is 0 Å². The Bertz CT molecular complexity index is 393. The monoisotopic (exact) mass is 304 g/mol. The maximum atomic E-state index is 12.3. The van der Waals surface area contributed by atoms with Crippen molar-refractivity contribution in [3.8, 4) is 0 Å². The minimum absolute atomic E-state index is 0.169. The Morgan fingerprint density at radius 1 is 1.36 bits per heavy atom. The Hall–Kier alpha value is -0.850. The van der Waals surface area contributed by atoms with Crippen molar-refractivity contribution >= 4 is 5.78 Å². The van der Waals surface area contributed by atoms with Gasteiger partial charge in [-0.25, -0.2) is 0 Å². The van der Waals surface area contributed by atoms with Crippen LogP contribution in [-0.2, 0) is 4.79 Å². The molecule has 1 heteroatoms. The zero-order chi connectivity index (χ0) is 16.8. The lowest BCUT2D eigenvalue weighted by molar-refractivity contribution is -0.121. The highest BCUT2D eigenvalue weighted by Gasteiger charge is 2.31. The van der Waals surface area contributed by atoms with Gasteiger partial charge in [0.2, 0.25) is 0 Å². The summed E-state index contributed by atoms with van der Waals surface area (Å²) in [4.78, 5) is 12.3. The molecular formula is C21H36O. The summed E-state index contributed by atoms with van der Waals surface area (Å²) >= 11 is 0. The molecule has 0 aromatic heterocycles. The second-order valence-corrected chi connectivity index (χ2v) is 7.94. The first-order valence-corrected chi connectivity index (χ1v) is 9.20. The van der Waals surface area contributed by atoms with E-state index >= 15 is 0 Å². The molecule has 22 heavy (non-hydrogen) atoms. The fraction of sp³-hybridized carbons (Fsp3) is 0.762. The van der Waals surface area contributed by atoms with Crippen molar-refractivity contribution in [2.75, 3.05) is 0 Å². The van der Waals surface area contributed by atoms with Crippen LogP contribution in [0.15, 0.2) is 24.8 Å². The third kappa shape index (κ3) is 5.11. The molecule has 1 saturated carbocycles. The molecule has 0 spiro atoms. The summed E-state index contributed by atoms with van der Waals surface area (Å²) < 4.78 is 0. The summed E-state index contributed by atoms with van der Waals surface area (Å²) in [5.41, 5.74) is -0.361. The van der Waals surface area contributed by atoms with Gasteiger partial charge in [-0.2, -0.15) is 0 Å². The summed E-state index contributed by atoms with van der Waals surface area (Å²) in [6.45, 7) is 15.0. The maximum Gasteiger partial charge on any atom is 0.164 e. The molecule has 1 rings (SSSR count). The van der Waals surface area contributed by atoms with Gasteiger partial charge in [0.1, 0.15) is 0 Å². The van der Waals surface area contributed by atoms with E-state index in [9.17, 15) is 4.79 Å². The van der Waals surface area contributed by atoms with Crippen LogP contribution in [0.4, 0.5) is 0 Å². The average Bonchev–Trinajstić information content (AvgIpc) is 2.49. The van der Waals surface area contributed by atoms with Gasteiger partial charge in [0.05, 0.1) is 0 Å². The fourth-order valence-electron chi connectivity index (χ4n) is 3.90. The summed E-state index contributed by atoms with van der Waals surface area (Å²) in [5.74, 6) is 3.09. The molecule has 4 atom stereocenters. The zero-order valence-corrected chi connectivity index (χ0v) is 15.4. The van der Waals surface area contributed by atoms with Gasteiger partial charge in [0.15, 0.2) is 5.78 Å². The fourth-order valence-corrected chi connectivity index (χ4v) is 3.90. The van der Waals surface area contributed by atoms with E-state index in [1.807, 2.05) is 0 Å². The predicted octanol–water partition coefficient (Wildman–Crippen LogP) is 6.20. The van der Waals surface area contributed by atoms with E-state index in [2.05, 4.69) is 53.3 Å². The number of ketones is 1. The van der Waals surface area contributed by atoms with Gasteiger partial charge in [0.25, 0.3) is 0 Å². The Balaban J connectivity index is 2.90. The van der Waals surface area contributed by atoms with Crippen LogP contribution in [0.3, 0.4) is 0 Å². The molecule has 1 fully saturated rings. The van der Waals surface area contributed by atoms with Crippen molar-refractivity contribution in [1.29, 1.82) is 0 Å². The van der Waals surface area contributed by atoms with Crippen molar-refractivity contribution < 1.29 is 4.79 Å². The molecule has 1 aliphatic carbocycles. The molecule has 0 bridgehead atoms. The summed E-state index contributed by atoms with van der Waals surface area (Å²) in [6, 6.07) is 0. The van der Waals surface area contributed by atoms with Crippen molar-refractivity contribution in [2.24, 2.45) is 29.1 Å². The van der Waals surface area contributed by atoms with Gasteiger partial charge in [-0.05, 0) is 55.9 Å². The van der Waals surface area contributed by atoms with Gasteiger partial charge in [0, 0.05) is 5.41 Å². The highest BCUT2D eigenvalue weighted by molar-refractivity contribution is 5.95. The third-order valence-corrected chi connectivity index (χ3v) is 5.58. The van der Waals surface area contributed by atoms with Crippen LogP contribution in [0, 0.1) is 29.1 Å². The van der Waals surface area contributed by atoms with E-state index in [0.717, 1.165) is 37.0 Å². The molecule has 0 aliphatic heterocycles. The van der Waals surface area contributed by atoms with Gasteiger partial charge >= 0.3 is 0 Å².